The Hall–Kier alpha value is -1.47. The average Bonchev–Trinajstić information content (AvgIpc) is 2.87. The highest BCUT2D eigenvalue weighted by molar-refractivity contribution is 7.09. The first-order valence-electron chi connectivity index (χ1n) is 6.68. The van der Waals surface area contributed by atoms with Crippen molar-refractivity contribution in [3.8, 4) is 0 Å². The number of thiazole rings is 1. The molecular formula is C13H19N3O3S. The van der Waals surface area contributed by atoms with Crippen LogP contribution in [0.4, 0.5) is 0 Å². The lowest BCUT2D eigenvalue weighted by Crippen LogP contribution is -2.41. The smallest absolute Gasteiger partial charge is 0.306 e. The lowest BCUT2D eigenvalue weighted by atomic mass is 9.97. The van der Waals surface area contributed by atoms with E-state index in [2.05, 4.69) is 4.98 Å². The van der Waals surface area contributed by atoms with Crippen LogP contribution in [0.2, 0.25) is 0 Å². The maximum Gasteiger partial charge on any atom is 0.306 e. The van der Waals surface area contributed by atoms with Gasteiger partial charge in [0.05, 0.1) is 24.1 Å². The Morgan fingerprint density at radius 2 is 2.20 bits per heavy atom. The van der Waals surface area contributed by atoms with Gasteiger partial charge >= 0.3 is 5.97 Å². The van der Waals surface area contributed by atoms with E-state index in [0.717, 1.165) is 10.7 Å². The molecule has 20 heavy (non-hydrogen) atoms. The lowest BCUT2D eigenvalue weighted by Gasteiger charge is -2.30. The molecule has 1 fully saturated rings. The van der Waals surface area contributed by atoms with Crippen molar-refractivity contribution in [1.82, 2.24) is 9.88 Å². The van der Waals surface area contributed by atoms with E-state index in [1.54, 1.807) is 4.90 Å². The molecule has 2 rings (SSSR count). The quantitative estimate of drug-likeness (QED) is 0.865. The predicted octanol–water partition coefficient (Wildman–Crippen LogP) is 1.03. The summed E-state index contributed by atoms with van der Waals surface area (Å²) in [6.07, 6.45) is 1.33. The molecule has 1 saturated heterocycles. The fourth-order valence-electron chi connectivity index (χ4n) is 2.26. The number of carboxylic acid groups (broad SMARTS) is 1. The Morgan fingerprint density at radius 1 is 1.55 bits per heavy atom. The molecule has 0 aliphatic carbocycles. The number of rotatable bonds is 4. The van der Waals surface area contributed by atoms with Gasteiger partial charge < -0.3 is 15.7 Å². The predicted molar refractivity (Wildman–Crippen MR) is 75.4 cm³/mol. The normalized spacial score (nSPS) is 18.0. The average molecular weight is 297 g/mol. The molecule has 2 heterocycles. The minimum absolute atomic E-state index is 0.00960. The van der Waals surface area contributed by atoms with Gasteiger partial charge in [0.25, 0.3) is 0 Å². The van der Waals surface area contributed by atoms with Gasteiger partial charge in [-0.1, -0.05) is 0 Å². The van der Waals surface area contributed by atoms with Crippen LogP contribution in [0.15, 0.2) is 5.38 Å². The maximum atomic E-state index is 12.1. The summed E-state index contributed by atoms with van der Waals surface area (Å²) >= 11 is 1.47. The number of carbonyl (C=O) groups is 2. The number of hydrogen-bond acceptors (Lipinski definition) is 5. The van der Waals surface area contributed by atoms with E-state index < -0.39 is 5.97 Å². The number of hydrogen-bond donors (Lipinski definition) is 2. The molecule has 0 bridgehead atoms. The van der Waals surface area contributed by atoms with Crippen molar-refractivity contribution >= 4 is 23.2 Å². The summed E-state index contributed by atoms with van der Waals surface area (Å²) in [6.45, 7) is 2.89. The summed E-state index contributed by atoms with van der Waals surface area (Å²) < 4.78 is 0. The molecule has 0 saturated carbocycles. The number of nitrogens with two attached hydrogens (primary N) is 1. The largest absolute Gasteiger partial charge is 0.481 e. The molecule has 1 aliphatic heterocycles. The van der Waals surface area contributed by atoms with Gasteiger partial charge in [0.2, 0.25) is 5.91 Å². The van der Waals surface area contributed by atoms with Gasteiger partial charge in [0.1, 0.15) is 5.01 Å². The molecule has 0 radical (unpaired) electrons. The van der Waals surface area contributed by atoms with Gasteiger partial charge in [-0.15, -0.1) is 11.3 Å². The van der Waals surface area contributed by atoms with Crippen molar-refractivity contribution in [3.63, 3.8) is 0 Å². The summed E-state index contributed by atoms with van der Waals surface area (Å²) in [6, 6.07) is -0.116. The minimum Gasteiger partial charge on any atom is -0.481 e. The third kappa shape index (κ3) is 3.55. The van der Waals surface area contributed by atoms with Gasteiger partial charge in [-0.25, -0.2) is 4.98 Å². The molecule has 3 N–H and O–H groups in total. The van der Waals surface area contributed by atoms with Gasteiger partial charge in [-0.2, -0.15) is 0 Å². The minimum atomic E-state index is -0.766. The van der Waals surface area contributed by atoms with E-state index in [0.29, 0.717) is 25.9 Å². The number of carboxylic acids is 1. The molecule has 1 unspecified atom stereocenters. The zero-order valence-electron chi connectivity index (χ0n) is 11.4. The number of carbonyl (C=O) groups excluding carboxylic acids is 1. The molecule has 0 aromatic carbocycles. The number of aromatic nitrogens is 1. The highest BCUT2D eigenvalue weighted by Gasteiger charge is 2.27. The Labute approximate surface area is 121 Å². The van der Waals surface area contributed by atoms with Crippen LogP contribution in [-0.2, 0) is 16.0 Å². The van der Waals surface area contributed by atoms with E-state index in [-0.39, 0.29) is 24.3 Å². The second-order valence-electron chi connectivity index (χ2n) is 5.14. The van der Waals surface area contributed by atoms with Crippen molar-refractivity contribution in [2.45, 2.75) is 32.2 Å². The van der Waals surface area contributed by atoms with Crippen LogP contribution in [0.5, 0.6) is 0 Å². The monoisotopic (exact) mass is 297 g/mol. The Kier molecular flexibility index (Phi) is 4.72. The van der Waals surface area contributed by atoms with Crippen LogP contribution in [0.3, 0.4) is 0 Å². The van der Waals surface area contributed by atoms with Gasteiger partial charge in [0, 0.05) is 18.5 Å². The van der Waals surface area contributed by atoms with Crippen molar-refractivity contribution < 1.29 is 14.7 Å². The van der Waals surface area contributed by atoms with Gasteiger partial charge in [-0.3, -0.25) is 9.59 Å². The molecule has 0 spiro atoms. The molecular weight excluding hydrogens is 278 g/mol. The number of amides is 1. The number of likely N-dealkylation sites (tertiary alicyclic amines) is 1. The molecule has 6 nitrogen and oxygen atoms in total. The SMILES string of the molecule is CC(N)c1nc(CC(=O)N2CCC(C(=O)O)CC2)cs1. The first kappa shape index (κ1) is 14.9. The van der Waals surface area contributed by atoms with E-state index in [1.165, 1.54) is 11.3 Å². The number of piperidine rings is 1. The van der Waals surface area contributed by atoms with Gasteiger partial charge in [-0.05, 0) is 19.8 Å². The molecule has 1 atom stereocenters. The fourth-order valence-corrected chi connectivity index (χ4v) is 3.03. The number of aliphatic carboxylic acids is 1. The first-order valence-corrected chi connectivity index (χ1v) is 7.55. The van der Waals surface area contributed by atoms with Crippen molar-refractivity contribution in [3.05, 3.63) is 16.1 Å². The highest BCUT2D eigenvalue weighted by atomic mass is 32.1. The summed E-state index contributed by atoms with van der Waals surface area (Å²) in [5, 5.41) is 11.6. The molecule has 1 aromatic heterocycles. The zero-order valence-corrected chi connectivity index (χ0v) is 12.2. The van der Waals surface area contributed by atoms with Crippen LogP contribution < -0.4 is 5.73 Å². The Bertz CT molecular complexity index is 493. The van der Waals surface area contributed by atoms with Crippen molar-refractivity contribution in [2.75, 3.05) is 13.1 Å². The first-order chi connectivity index (χ1) is 9.47. The summed E-state index contributed by atoms with van der Waals surface area (Å²) in [5.41, 5.74) is 6.48. The molecule has 1 aliphatic rings. The van der Waals surface area contributed by atoms with E-state index in [1.807, 2.05) is 12.3 Å². The topological polar surface area (TPSA) is 96.5 Å². The van der Waals surface area contributed by atoms with E-state index >= 15 is 0 Å². The second kappa shape index (κ2) is 6.32. The molecule has 7 heteroatoms. The summed E-state index contributed by atoms with van der Waals surface area (Å²) in [5.74, 6) is -1.07. The third-order valence-corrected chi connectivity index (χ3v) is 4.58. The second-order valence-corrected chi connectivity index (χ2v) is 6.03. The van der Waals surface area contributed by atoms with Crippen LogP contribution in [0.25, 0.3) is 0 Å². The Balaban J connectivity index is 1.87. The van der Waals surface area contributed by atoms with Crippen LogP contribution in [0, 0.1) is 5.92 Å². The summed E-state index contributed by atoms with van der Waals surface area (Å²) in [4.78, 5) is 29.1. The van der Waals surface area contributed by atoms with Crippen molar-refractivity contribution in [2.24, 2.45) is 11.7 Å². The highest BCUT2D eigenvalue weighted by Crippen LogP contribution is 2.20. The van der Waals surface area contributed by atoms with Crippen LogP contribution in [-0.4, -0.2) is 40.0 Å². The standard InChI is InChI=1S/C13H19N3O3S/c1-8(14)12-15-10(7-20-12)6-11(17)16-4-2-9(3-5-16)13(18)19/h7-9H,2-6,14H2,1H3,(H,18,19). The Morgan fingerprint density at radius 3 is 2.70 bits per heavy atom. The maximum absolute atomic E-state index is 12.1. The van der Waals surface area contributed by atoms with Crippen molar-refractivity contribution in [1.29, 1.82) is 0 Å². The zero-order chi connectivity index (χ0) is 14.7. The lowest BCUT2D eigenvalue weighted by molar-refractivity contribution is -0.145. The molecule has 1 amide bonds. The molecule has 110 valence electrons. The third-order valence-electron chi connectivity index (χ3n) is 3.49. The van der Waals surface area contributed by atoms with E-state index in [4.69, 9.17) is 10.8 Å². The van der Waals surface area contributed by atoms with Crippen LogP contribution >= 0.6 is 11.3 Å². The van der Waals surface area contributed by atoms with E-state index in [9.17, 15) is 9.59 Å². The molecule has 1 aromatic rings. The van der Waals surface area contributed by atoms with Gasteiger partial charge in [0.15, 0.2) is 0 Å². The van der Waals surface area contributed by atoms with Crippen LogP contribution in [0.1, 0.15) is 36.5 Å². The fraction of sp³-hybridized carbons (Fsp3) is 0.615. The summed E-state index contributed by atoms with van der Waals surface area (Å²) in [7, 11) is 0. The number of nitrogens with zero attached hydrogens (tertiary/aromatic N) is 2.